The lowest BCUT2D eigenvalue weighted by Gasteiger charge is -2.50. The molecular formula is C31H31Cl2N5O5. The number of pyridine rings is 1. The molecule has 0 spiro atoms. The number of carbonyl (C=O) groups is 4. The van der Waals surface area contributed by atoms with Crippen molar-refractivity contribution in [3.63, 3.8) is 0 Å². The van der Waals surface area contributed by atoms with Crippen LogP contribution in [0.2, 0.25) is 10.0 Å². The number of nitrogens with zero attached hydrogens (tertiary/aromatic N) is 2. The lowest BCUT2D eigenvalue weighted by Crippen LogP contribution is -2.64. The van der Waals surface area contributed by atoms with Gasteiger partial charge in [0, 0.05) is 36.2 Å². The van der Waals surface area contributed by atoms with Crippen molar-refractivity contribution in [3.05, 3.63) is 87.7 Å². The Balaban J connectivity index is 1.25. The number of aromatic nitrogens is 1. The standard InChI is InChI=1S/C31H31Cl2N5O5/c1-17-2-8-21(9-3-17)36-31(43)38-22-12-6-19(7-13-22)27(38)29(40)37-25(30(41)42)14-18-4-10-20(11-5-18)35-28(39)26-23(32)15-34-16-24(26)33/h2-5,8-11,15-16,19,22,25,27H,6-7,12-14H2,1H3,(H,35,39)(H,36,43)(H,37,40)(H,41,42)/t19?,22?,25-,27?/m0/s1. The predicted octanol–water partition coefficient (Wildman–Crippen LogP) is 5.54. The van der Waals surface area contributed by atoms with Gasteiger partial charge >= 0.3 is 12.0 Å². The Bertz CT molecular complexity index is 1500. The van der Waals surface area contributed by atoms with E-state index >= 15 is 0 Å². The molecule has 3 heterocycles. The highest BCUT2D eigenvalue weighted by molar-refractivity contribution is 6.40. The predicted molar refractivity (Wildman–Crippen MR) is 163 cm³/mol. The molecule has 2 aliphatic heterocycles. The first kappa shape index (κ1) is 30.3. The van der Waals surface area contributed by atoms with Crippen LogP contribution in [0.4, 0.5) is 16.2 Å². The van der Waals surface area contributed by atoms with Crippen molar-refractivity contribution in [2.45, 2.75) is 57.2 Å². The molecule has 3 aromatic rings. The second-order valence-electron chi connectivity index (χ2n) is 10.9. The Labute approximate surface area is 258 Å². The molecule has 2 saturated heterocycles. The first-order chi connectivity index (χ1) is 20.6. The van der Waals surface area contributed by atoms with Crippen LogP contribution in [0.15, 0.2) is 60.9 Å². The number of hydrogen-bond donors (Lipinski definition) is 4. The largest absolute Gasteiger partial charge is 0.480 e. The minimum Gasteiger partial charge on any atom is -0.480 e. The first-order valence-electron chi connectivity index (χ1n) is 14.0. The fourth-order valence-electron chi connectivity index (χ4n) is 5.85. The molecule has 1 aromatic heterocycles. The Morgan fingerprint density at radius 1 is 0.907 bits per heavy atom. The summed E-state index contributed by atoms with van der Waals surface area (Å²) in [5.41, 5.74) is 2.86. The Hall–Kier alpha value is -4.15. The number of piperidine rings is 2. The average molecular weight is 625 g/mol. The summed E-state index contributed by atoms with van der Waals surface area (Å²) < 4.78 is 0. The maximum absolute atomic E-state index is 13.6. The van der Waals surface area contributed by atoms with Crippen molar-refractivity contribution in [1.29, 1.82) is 0 Å². The van der Waals surface area contributed by atoms with Crippen LogP contribution in [0.1, 0.15) is 47.2 Å². The fourth-order valence-corrected chi connectivity index (χ4v) is 6.38. The Kier molecular flexibility index (Phi) is 9.17. The van der Waals surface area contributed by atoms with Crippen LogP contribution in [0, 0.1) is 12.8 Å². The number of carboxylic acid groups (broad SMARTS) is 1. The molecule has 4 N–H and O–H groups in total. The second-order valence-corrected chi connectivity index (χ2v) is 11.8. The van der Waals surface area contributed by atoms with Gasteiger partial charge in [0.15, 0.2) is 0 Å². The zero-order valence-electron chi connectivity index (χ0n) is 23.3. The number of aliphatic carboxylic acids is 1. The molecule has 3 fully saturated rings. The van der Waals surface area contributed by atoms with E-state index in [4.69, 9.17) is 23.2 Å². The lowest BCUT2D eigenvalue weighted by atomic mass is 9.74. The van der Waals surface area contributed by atoms with Crippen molar-refractivity contribution in [2.75, 3.05) is 10.6 Å². The summed E-state index contributed by atoms with van der Waals surface area (Å²) in [6.45, 7) is 1.96. The minimum atomic E-state index is -1.22. The van der Waals surface area contributed by atoms with E-state index < -0.39 is 29.9 Å². The molecule has 1 saturated carbocycles. The number of carboxylic acids is 1. The number of amides is 4. The highest BCUT2D eigenvalue weighted by Gasteiger charge is 2.48. The molecule has 2 atom stereocenters. The van der Waals surface area contributed by atoms with Crippen LogP contribution in [0.25, 0.3) is 0 Å². The normalized spacial score (nSPS) is 19.8. The molecule has 4 amide bonds. The molecule has 6 rings (SSSR count). The highest BCUT2D eigenvalue weighted by atomic mass is 35.5. The van der Waals surface area contributed by atoms with Crippen molar-refractivity contribution >= 4 is 58.4 Å². The zero-order chi connectivity index (χ0) is 30.7. The van der Waals surface area contributed by atoms with Crippen LogP contribution in [0.5, 0.6) is 0 Å². The summed E-state index contributed by atoms with van der Waals surface area (Å²) in [6, 6.07) is 11.5. The molecular weight excluding hydrogens is 593 g/mol. The summed E-state index contributed by atoms with van der Waals surface area (Å²) in [7, 11) is 0. The van der Waals surface area contributed by atoms with E-state index in [0.717, 1.165) is 31.2 Å². The Morgan fingerprint density at radius 2 is 1.49 bits per heavy atom. The van der Waals surface area contributed by atoms with E-state index in [1.54, 1.807) is 29.2 Å². The van der Waals surface area contributed by atoms with Crippen LogP contribution < -0.4 is 16.0 Å². The third kappa shape index (κ3) is 6.92. The quantitative estimate of drug-likeness (QED) is 0.260. The number of anilines is 2. The van der Waals surface area contributed by atoms with Gasteiger partial charge in [-0.3, -0.25) is 14.6 Å². The van der Waals surface area contributed by atoms with Gasteiger partial charge in [0.25, 0.3) is 5.91 Å². The van der Waals surface area contributed by atoms with Gasteiger partial charge in [0.2, 0.25) is 5.91 Å². The fraction of sp³-hybridized carbons (Fsp3) is 0.323. The van der Waals surface area contributed by atoms with E-state index in [1.807, 2.05) is 31.2 Å². The molecule has 2 aromatic carbocycles. The molecule has 0 radical (unpaired) electrons. The molecule has 12 heteroatoms. The number of benzene rings is 2. The smallest absolute Gasteiger partial charge is 0.326 e. The van der Waals surface area contributed by atoms with Crippen molar-refractivity contribution in [3.8, 4) is 0 Å². The summed E-state index contributed by atoms with van der Waals surface area (Å²) in [6.07, 6.45) is 5.87. The summed E-state index contributed by atoms with van der Waals surface area (Å²) in [4.78, 5) is 57.3. The van der Waals surface area contributed by atoms with Gasteiger partial charge in [-0.1, -0.05) is 53.0 Å². The van der Waals surface area contributed by atoms with Gasteiger partial charge in [0.1, 0.15) is 12.1 Å². The third-order valence-corrected chi connectivity index (χ3v) is 8.61. The minimum absolute atomic E-state index is 0.00763. The maximum Gasteiger partial charge on any atom is 0.326 e. The van der Waals surface area contributed by atoms with E-state index in [2.05, 4.69) is 20.9 Å². The summed E-state index contributed by atoms with van der Waals surface area (Å²) in [5, 5.41) is 18.5. The maximum atomic E-state index is 13.6. The zero-order valence-corrected chi connectivity index (χ0v) is 24.9. The third-order valence-electron chi connectivity index (χ3n) is 8.03. The molecule has 1 unspecified atom stereocenters. The van der Waals surface area contributed by atoms with Gasteiger partial charge in [-0.15, -0.1) is 0 Å². The van der Waals surface area contributed by atoms with Crippen LogP contribution in [-0.4, -0.2) is 56.9 Å². The van der Waals surface area contributed by atoms with E-state index in [1.165, 1.54) is 12.4 Å². The van der Waals surface area contributed by atoms with Crippen molar-refractivity contribution in [2.24, 2.45) is 5.92 Å². The van der Waals surface area contributed by atoms with Crippen LogP contribution in [-0.2, 0) is 16.0 Å². The van der Waals surface area contributed by atoms with E-state index in [9.17, 15) is 24.3 Å². The molecule has 224 valence electrons. The molecule has 2 bridgehead atoms. The van der Waals surface area contributed by atoms with Gasteiger partial charge in [0.05, 0.1) is 15.6 Å². The highest BCUT2D eigenvalue weighted by Crippen LogP contribution is 2.40. The van der Waals surface area contributed by atoms with Crippen LogP contribution in [0.3, 0.4) is 0 Å². The van der Waals surface area contributed by atoms with Crippen molar-refractivity contribution in [1.82, 2.24) is 15.2 Å². The summed E-state index contributed by atoms with van der Waals surface area (Å²) >= 11 is 12.1. The molecule has 1 aliphatic carbocycles. The van der Waals surface area contributed by atoms with Crippen LogP contribution >= 0.6 is 23.2 Å². The number of fused-ring (bicyclic) bond motifs is 3. The molecule has 43 heavy (non-hydrogen) atoms. The number of nitrogens with one attached hydrogen (secondary N) is 3. The number of hydrogen-bond acceptors (Lipinski definition) is 5. The second kappa shape index (κ2) is 13.0. The topological polar surface area (TPSA) is 141 Å². The molecule has 10 nitrogen and oxygen atoms in total. The monoisotopic (exact) mass is 623 g/mol. The number of rotatable bonds is 8. The number of carbonyl (C=O) groups excluding carboxylic acids is 3. The van der Waals surface area contributed by atoms with Gasteiger partial charge < -0.3 is 26.0 Å². The van der Waals surface area contributed by atoms with Gasteiger partial charge in [-0.05, 0) is 68.4 Å². The SMILES string of the molecule is Cc1ccc(NC(=O)N2C3CCC(CC3)C2C(=O)N[C@@H](Cc2ccc(NC(=O)c3c(Cl)cncc3Cl)cc2)C(=O)O)cc1. The number of halogens is 2. The van der Waals surface area contributed by atoms with Gasteiger partial charge in [-0.2, -0.15) is 0 Å². The Morgan fingerprint density at radius 3 is 2.09 bits per heavy atom. The van der Waals surface area contributed by atoms with Crippen molar-refractivity contribution < 1.29 is 24.3 Å². The van der Waals surface area contributed by atoms with E-state index in [0.29, 0.717) is 16.9 Å². The summed E-state index contributed by atoms with van der Waals surface area (Å²) in [5.74, 6) is -2.23. The number of aryl methyl sites for hydroxylation is 1. The number of urea groups is 1. The molecule has 3 aliphatic rings. The lowest BCUT2D eigenvalue weighted by molar-refractivity contribution is -0.144. The van der Waals surface area contributed by atoms with E-state index in [-0.39, 0.29) is 40.0 Å². The van der Waals surface area contributed by atoms with Gasteiger partial charge in [-0.25, -0.2) is 9.59 Å². The first-order valence-corrected chi connectivity index (χ1v) is 14.7. The average Bonchev–Trinajstić information content (AvgIpc) is 2.98.